The summed E-state index contributed by atoms with van der Waals surface area (Å²) in [5.41, 5.74) is 10.1. The predicted octanol–water partition coefficient (Wildman–Crippen LogP) is 1.36. The average molecular weight is 711 g/mol. The quantitative estimate of drug-likeness (QED) is 0.0379. The second-order valence-corrected chi connectivity index (χ2v) is 12.5. The first-order chi connectivity index (χ1) is 22.9. The summed E-state index contributed by atoms with van der Waals surface area (Å²) in [6.07, 6.45) is -1.86. The van der Waals surface area contributed by atoms with Gasteiger partial charge in [0.1, 0.15) is 28.4 Å². The minimum Gasteiger partial charge on any atom is -0.504 e. The van der Waals surface area contributed by atoms with Crippen LogP contribution in [0.25, 0.3) is 16.8 Å². The van der Waals surface area contributed by atoms with E-state index in [4.69, 9.17) is 28.5 Å². The number of hydrogen-bond acceptors (Lipinski definition) is 15. The summed E-state index contributed by atoms with van der Waals surface area (Å²) < 4.78 is 0. The molecule has 4 heterocycles. The number of oxime groups is 1. The number of benzene rings is 1. The van der Waals surface area contributed by atoms with Crippen LogP contribution in [0.4, 0.5) is 10.9 Å². The Morgan fingerprint density at radius 1 is 1.19 bits per heavy atom. The number of β-lactam (4-membered cyclic amide) rings is 1. The number of carbonyl (C=O) groups excluding carboxylic acids is 2. The van der Waals surface area contributed by atoms with Crippen molar-refractivity contribution in [2.75, 3.05) is 17.2 Å². The van der Waals surface area contributed by atoms with E-state index in [0.717, 1.165) is 51.6 Å². The first-order valence-electron chi connectivity index (χ1n) is 13.5. The summed E-state index contributed by atoms with van der Waals surface area (Å²) in [6.45, 7) is 0. The van der Waals surface area contributed by atoms with Gasteiger partial charge in [0.2, 0.25) is 6.10 Å². The number of phenols is 2. The highest BCUT2D eigenvalue weighted by Crippen LogP contribution is 2.48. The Balaban J connectivity index is 1.33. The number of aromatic nitrogens is 3. The van der Waals surface area contributed by atoms with E-state index in [9.17, 15) is 39.6 Å². The number of rotatable bonds is 10. The van der Waals surface area contributed by atoms with E-state index in [2.05, 4.69) is 25.4 Å². The molecule has 3 aliphatic heterocycles. The lowest BCUT2D eigenvalue weighted by Gasteiger charge is -2.55. The minimum absolute atomic E-state index is 0.0248. The van der Waals surface area contributed by atoms with Crippen molar-refractivity contribution >= 4 is 86.7 Å². The molecule has 3 atom stereocenters. The molecule has 10 N–H and O–H groups in total. The summed E-state index contributed by atoms with van der Waals surface area (Å²) in [6, 6.07) is 8.37. The van der Waals surface area contributed by atoms with Gasteiger partial charge in [0, 0.05) is 33.2 Å². The van der Waals surface area contributed by atoms with E-state index >= 15 is 0 Å². The van der Waals surface area contributed by atoms with E-state index < -0.39 is 58.0 Å². The highest BCUT2D eigenvalue weighted by molar-refractivity contribution is 8.00. The maximum Gasteiger partial charge on any atom is 0.353 e. The Labute approximate surface area is 282 Å². The fourth-order valence-corrected chi connectivity index (χ4v) is 7.51. The van der Waals surface area contributed by atoms with Crippen molar-refractivity contribution in [3.8, 4) is 22.8 Å². The Morgan fingerprint density at radius 3 is 2.60 bits per heavy atom. The molecule has 2 aromatic rings. The van der Waals surface area contributed by atoms with Crippen LogP contribution < -0.4 is 16.8 Å². The van der Waals surface area contributed by atoms with Crippen LogP contribution in [0.5, 0.6) is 11.5 Å². The number of fused-ring (bicyclic) bond motifs is 2. The Hall–Kier alpha value is -5.73. The standard InChI is InChI=1S/C28H22N8O9S3/c29-20-11-2-1-3-13(11)31-21(33-20)12-7-47-26-28(9-46,25(44)36(26)18(12)23(40)41)34-22(39)17(14-8-48-27(30)32-14)35-45-19(24(42)43)10-4-5-15(37)16(38)6-10/h1-6,8-9,19,26,37-38H,7,29H2,(H2,30,32)(H,31,33)(H,34,39)(H,40,41)(H,42,43)/b35-17-/t19?,26-,28?/m0/s1. The number of phenolic OH excluding ortho intramolecular Hbond substituents is 2. The molecule has 2 unspecified atom stereocenters. The lowest BCUT2D eigenvalue weighted by molar-refractivity contribution is -0.153. The van der Waals surface area contributed by atoms with Crippen molar-refractivity contribution in [1.82, 2.24) is 25.2 Å². The number of carbonyl (C=O) groups is 4. The molecule has 6 rings (SSSR count). The number of hydrogen-bond donors (Lipinski definition) is 8. The van der Waals surface area contributed by atoms with Gasteiger partial charge in [0.05, 0.1) is 5.69 Å². The molecule has 4 aliphatic rings. The minimum atomic E-state index is -1.91. The third-order valence-corrected chi connectivity index (χ3v) is 9.84. The molecule has 1 aliphatic carbocycles. The molecule has 48 heavy (non-hydrogen) atoms. The van der Waals surface area contributed by atoms with Crippen molar-refractivity contribution < 1.29 is 44.4 Å². The SMILES string of the molecule is Nc1nc(/C(=N/OC(C(=O)O)c2ccc(O)c(O)c2)C(=O)NC2(C=S)C(=O)N3C(C(=O)O)=C(c4nc(N)c5cccc-5[nH]4)CS[C@H]32)cs1. The number of aromatic hydroxyl groups is 2. The highest BCUT2D eigenvalue weighted by atomic mass is 32.2. The normalized spacial score (nSPS) is 19.8. The fraction of sp³-hybridized carbons (Fsp3) is 0.143. The van der Waals surface area contributed by atoms with E-state index in [1.807, 2.05) is 0 Å². The number of aromatic amines is 1. The largest absolute Gasteiger partial charge is 0.504 e. The lowest BCUT2D eigenvalue weighted by Crippen LogP contribution is -2.80. The molecule has 246 valence electrons. The number of amides is 2. The summed E-state index contributed by atoms with van der Waals surface area (Å²) in [4.78, 5) is 69.8. The number of thiazole rings is 1. The molecule has 0 radical (unpaired) electrons. The molecule has 0 bridgehead atoms. The van der Waals surface area contributed by atoms with Gasteiger partial charge >= 0.3 is 11.9 Å². The number of carboxylic acid groups (broad SMARTS) is 2. The smallest absolute Gasteiger partial charge is 0.353 e. The second kappa shape index (κ2) is 12.1. The molecule has 0 spiro atoms. The lowest BCUT2D eigenvalue weighted by atomic mass is 9.87. The zero-order valence-electron chi connectivity index (χ0n) is 24.0. The van der Waals surface area contributed by atoms with Crippen LogP contribution >= 0.6 is 35.3 Å². The van der Waals surface area contributed by atoms with Crippen LogP contribution in [0.1, 0.15) is 23.2 Å². The monoisotopic (exact) mass is 710 g/mol. The van der Waals surface area contributed by atoms with Gasteiger partial charge in [-0.05, 0) is 24.3 Å². The Bertz CT molecular complexity index is 2060. The van der Waals surface area contributed by atoms with Gasteiger partial charge in [-0.25, -0.2) is 19.6 Å². The number of nitrogens with zero attached hydrogens (tertiary/aromatic N) is 4. The number of thiocarbonyl (C=S) groups is 1. The molecule has 1 aromatic carbocycles. The van der Waals surface area contributed by atoms with Crippen molar-refractivity contribution in [1.29, 1.82) is 0 Å². The fourth-order valence-electron chi connectivity index (χ4n) is 5.15. The van der Waals surface area contributed by atoms with Crippen molar-refractivity contribution in [2.45, 2.75) is 17.0 Å². The number of nitrogens with one attached hydrogen (secondary N) is 2. The van der Waals surface area contributed by atoms with Crippen LogP contribution in [0.15, 0.2) is 52.6 Å². The zero-order valence-corrected chi connectivity index (χ0v) is 26.4. The van der Waals surface area contributed by atoms with Crippen LogP contribution in [-0.2, 0) is 24.0 Å². The number of carboxylic acids is 2. The number of nitrogen functional groups attached to an aromatic ring is 2. The first kappa shape index (κ1) is 32.2. The molecule has 17 nitrogen and oxygen atoms in total. The maximum atomic E-state index is 13.8. The average Bonchev–Trinajstić information content (AvgIpc) is 3.71. The van der Waals surface area contributed by atoms with Gasteiger partial charge in [-0.15, -0.1) is 23.1 Å². The van der Waals surface area contributed by atoms with E-state index in [1.54, 1.807) is 18.2 Å². The number of H-pyrrole nitrogens is 1. The molecule has 1 fully saturated rings. The van der Waals surface area contributed by atoms with Crippen LogP contribution in [-0.4, -0.2) is 91.8 Å². The third-order valence-electron chi connectivity index (χ3n) is 7.44. The molecule has 1 saturated heterocycles. The van der Waals surface area contributed by atoms with Gasteiger partial charge in [0.25, 0.3) is 11.8 Å². The number of thioether (sulfide) groups is 1. The molecular weight excluding hydrogens is 689 g/mol. The van der Waals surface area contributed by atoms with E-state index in [-0.39, 0.29) is 45.1 Å². The Kier molecular flexibility index (Phi) is 8.14. The summed E-state index contributed by atoms with van der Waals surface area (Å²) in [7, 11) is 0. The Morgan fingerprint density at radius 2 is 1.96 bits per heavy atom. The van der Waals surface area contributed by atoms with E-state index in [1.165, 1.54) is 5.38 Å². The van der Waals surface area contributed by atoms with Crippen molar-refractivity contribution in [3.05, 3.63) is 64.6 Å². The summed E-state index contributed by atoms with van der Waals surface area (Å²) in [5, 5.41) is 47.0. The van der Waals surface area contributed by atoms with Crippen molar-refractivity contribution in [2.24, 2.45) is 5.16 Å². The third kappa shape index (κ3) is 5.30. The number of aliphatic carboxylic acids is 2. The van der Waals surface area contributed by atoms with E-state index in [0.29, 0.717) is 11.3 Å². The zero-order chi connectivity index (χ0) is 34.5. The van der Waals surface area contributed by atoms with Gasteiger partial charge in [-0.3, -0.25) is 14.5 Å². The number of anilines is 2. The van der Waals surface area contributed by atoms with Gasteiger partial charge in [-0.1, -0.05) is 29.5 Å². The predicted molar refractivity (Wildman–Crippen MR) is 176 cm³/mol. The molecule has 20 heteroatoms. The van der Waals surface area contributed by atoms with Crippen LogP contribution in [0.3, 0.4) is 0 Å². The molecular formula is C28H22N8O9S3. The topological polar surface area (TPSA) is 280 Å². The van der Waals surface area contributed by atoms with Crippen LogP contribution in [0, 0.1) is 0 Å². The van der Waals surface area contributed by atoms with Crippen LogP contribution in [0.2, 0.25) is 0 Å². The molecule has 1 aromatic heterocycles. The summed E-state index contributed by atoms with van der Waals surface area (Å²) in [5.74, 6) is -5.75. The summed E-state index contributed by atoms with van der Waals surface area (Å²) >= 11 is 7.24. The van der Waals surface area contributed by atoms with Gasteiger partial charge < -0.3 is 47.0 Å². The highest BCUT2D eigenvalue weighted by Gasteiger charge is 2.65. The molecule has 2 amide bonds. The van der Waals surface area contributed by atoms with Gasteiger partial charge in [-0.2, -0.15) is 0 Å². The van der Waals surface area contributed by atoms with Gasteiger partial charge in [0.15, 0.2) is 27.9 Å². The number of nitrogens with two attached hydrogens (primary N) is 2. The maximum absolute atomic E-state index is 13.8. The molecule has 0 saturated carbocycles. The first-order valence-corrected chi connectivity index (χ1v) is 15.9. The second-order valence-electron chi connectivity index (χ2n) is 10.3. The van der Waals surface area contributed by atoms with Crippen molar-refractivity contribution in [3.63, 3.8) is 0 Å².